The lowest BCUT2D eigenvalue weighted by molar-refractivity contribution is 0.0321. The van der Waals surface area contributed by atoms with Crippen LogP contribution in [0.2, 0.25) is 0 Å². The minimum absolute atomic E-state index is 0.447. The van der Waals surface area contributed by atoms with Crippen LogP contribution >= 0.6 is 0 Å². The van der Waals surface area contributed by atoms with E-state index in [0.29, 0.717) is 6.04 Å². The molecule has 1 heterocycles. The molecule has 0 bridgehead atoms. The summed E-state index contributed by atoms with van der Waals surface area (Å²) in [4.78, 5) is 4.89. The van der Waals surface area contributed by atoms with E-state index in [1.807, 2.05) is 13.8 Å². The van der Waals surface area contributed by atoms with Crippen molar-refractivity contribution in [1.29, 1.82) is 0 Å². The topological polar surface area (TPSA) is 26.7 Å². The first kappa shape index (κ1) is 14.5. The van der Waals surface area contributed by atoms with Crippen molar-refractivity contribution >= 4 is 0 Å². The van der Waals surface area contributed by atoms with Crippen LogP contribution < -0.4 is 0 Å². The van der Waals surface area contributed by atoms with Gasteiger partial charge in [-0.1, -0.05) is 30.3 Å². The van der Waals surface area contributed by atoms with Crippen molar-refractivity contribution in [2.24, 2.45) is 0 Å². The van der Waals surface area contributed by atoms with Gasteiger partial charge in [-0.15, -0.1) is 0 Å². The molecule has 106 valence electrons. The molecule has 1 atom stereocenters. The molecule has 0 saturated carbocycles. The molecule has 2 rings (SSSR count). The van der Waals surface area contributed by atoms with Gasteiger partial charge in [-0.2, -0.15) is 0 Å². The van der Waals surface area contributed by atoms with Crippen LogP contribution in [-0.2, 0) is 0 Å². The van der Waals surface area contributed by atoms with Gasteiger partial charge >= 0.3 is 0 Å². The fourth-order valence-electron chi connectivity index (χ4n) is 2.63. The van der Waals surface area contributed by atoms with E-state index < -0.39 is 5.60 Å². The Balaban J connectivity index is 2.07. The predicted octanol–water partition coefficient (Wildman–Crippen LogP) is 2.14. The van der Waals surface area contributed by atoms with Crippen LogP contribution in [0.3, 0.4) is 0 Å². The quantitative estimate of drug-likeness (QED) is 0.900. The van der Waals surface area contributed by atoms with Crippen LogP contribution in [0.4, 0.5) is 0 Å². The monoisotopic (exact) mass is 262 g/mol. The summed E-state index contributed by atoms with van der Waals surface area (Å²) >= 11 is 0. The van der Waals surface area contributed by atoms with E-state index in [9.17, 15) is 5.11 Å². The Kier molecular flexibility index (Phi) is 4.61. The summed E-state index contributed by atoms with van der Waals surface area (Å²) in [6.45, 7) is 7.98. The smallest absolute Gasteiger partial charge is 0.0603 e. The number of piperazine rings is 1. The Bertz CT molecular complexity index is 385. The Morgan fingerprint density at radius 2 is 1.89 bits per heavy atom. The lowest BCUT2D eigenvalue weighted by Crippen LogP contribution is -2.47. The van der Waals surface area contributed by atoms with E-state index in [0.717, 1.165) is 32.6 Å². The van der Waals surface area contributed by atoms with Crippen molar-refractivity contribution in [3.63, 3.8) is 0 Å². The third kappa shape index (κ3) is 4.30. The van der Waals surface area contributed by atoms with Gasteiger partial charge in [0, 0.05) is 32.2 Å². The molecule has 1 saturated heterocycles. The van der Waals surface area contributed by atoms with E-state index in [4.69, 9.17) is 0 Å². The second-order valence-corrected chi connectivity index (χ2v) is 6.29. The maximum Gasteiger partial charge on any atom is 0.0603 e. The fourth-order valence-corrected chi connectivity index (χ4v) is 2.63. The average molecular weight is 262 g/mol. The van der Waals surface area contributed by atoms with Gasteiger partial charge in [0.1, 0.15) is 0 Å². The maximum atomic E-state index is 9.92. The van der Waals surface area contributed by atoms with Crippen molar-refractivity contribution in [2.45, 2.75) is 31.9 Å². The van der Waals surface area contributed by atoms with Crippen LogP contribution in [0.1, 0.15) is 31.9 Å². The second kappa shape index (κ2) is 6.04. The van der Waals surface area contributed by atoms with Crippen molar-refractivity contribution in [3.05, 3.63) is 35.9 Å². The summed E-state index contributed by atoms with van der Waals surface area (Å²) in [5.41, 5.74) is 0.801. The molecule has 0 radical (unpaired) electrons. The zero-order valence-electron chi connectivity index (χ0n) is 12.3. The number of benzene rings is 1. The molecule has 1 fully saturated rings. The van der Waals surface area contributed by atoms with Crippen LogP contribution in [-0.4, -0.2) is 53.7 Å². The zero-order chi connectivity index (χ0) is 13.9. The van der Waals surface area contributed by atoms with Crippen LogP contribution in [0.15, 0.2) is 30.3 Å². The fraction of sp³-hybridized carbons (Fsp3) is 0.625. The molecule has 1 aromatic rings. The molecule has 0 aromatic heterocycles. The van der Waals surface area contributed by atoms with Crippen LogP contribution in [0.25, 0.3) is 0 Å². The van der Waals surface area contributed by atoms with Gasteiger partial charge in [-0.05, 0) is 32.9 Å². The number of hydrogen-bond acceptors (Lipinski definition) is 3. The Labute approximate surface area is 116 Å². The number of aliphatic hydroxyl groups is 1. The highest BCUT2D eigenvalue weighted by molar-refractivity contribution is 5.20. The van der Waals surface area contributed by atoms with Crippen LogP contribution in [0.5, 0.6) is 0 Å². The van der Waals surface area contributed by atoms with Gasteiger partial charge in [-0.3, -0.25) is 4.90 Å². The van der Waals surface area contributed by atoms with Crippen molar-refractivity contribution in [3.8, 4) is 0 Å². The van der Waals surface area contributed by atoms with Crippen molar-refractivity contribution in [1.82, 2.24) is 9.80 Å². The highest BCUT2D eigenvalue weighted by atomic mass is 16.3. The van der Waals surface area contributed by atoms with Crippen molar-refractivity contribution in [2.75, 3.05) is 33.2 Å². The van der Waals surface area contributed by atoms with Gasteiger partial charge in [0.2, 0.25) is 0 Å². The molecule has 0 aliphatic carbocycles. The molecule has 1 unspecified atom stereocenters. The number of rotatable bonds is 4. The zero-order valence-corrected chi connectivity index (χ0v) is 12.3. The van der Waals surface area contributed by atoms with E-state index in [1.165, 1.54) is 5.56 Å². The highest BCUT2D eigenvalue weighted by Crippen LogP contribution is 2.25. The van der Waals surface area contributed by atoms with Crippen LogP contribution in [0, 0.1) is 0 Å². The number of likely N-dealkylation sites (N-methyl/N-ethyl adjacent to an activating group) is 1. The molecule has 19 heavy (non-hydrogen) atoms. The SMILES string of the molecule is CN1CCN(CCC(C)(C)O)C(c2ccccc2)C1. The largest absolute Gasteiger partial charge is 0.390 e. The minimum atomic E-state index is -0.579. The maximum absolute atomic E-state index is 9.92. The first-order chi connectivity index (χ1) is 8.96. The number of nitrogens with zero attached hydrogens (tertiary/aromatic N) is 2. The Morgan fingerprint density at radius 3 is 2.53 bits per heavy atom. The van der Waals surface area contributed by atoms with E-state index >= 15 is 0 Å². The van der Waals surface area contributed by atoms with Gasteiger partial charge in [0.15, 0.2) is 0 Å². The average Bonchev–Trinajstić information content (AvgIpc) is 2.37. The molecule has 1 aromatic carbocycles. The molecule has 3 heteroatoms. The minimum Gasteiger partial charge on any atom is -0.390 e. The molecular weight excluding hydrogens is 236 g/mol. The Hall–Kier alpha value is -0.900. The third-order valence-electron chi connectivity index (χ3n) is 3.89. The normalized spacial score (nSPS) is 22.6. The van der Waals surface area contributed by atoms with E-state index in [2.05, 4.69) is 47.2 Å². The summed E-state index contributed by atoms with van der Waals surface area (Å²) < 4.78 is 0. The van der Waals surface area contributed by atoms with E-state index in [-0.39, 0.29) is 0 Å². The molecule has 1 N–H and O–H groups in total. The first-order valence-corrected chi connectivity index (χ1v) is 7.16. The third-order valence-corrected chi connectivity index (χ3v) is 3.89. The molecule has 1 aliphatic rings. The Morgan fingerprint density at radius 1 is 1.21 bits per heavy atom. The van der Waals surface area contributed by atoms with Gasteiger partial charge < -0.3 is 10.0 Å². The first-order valence-electron chi connectivity index (χ1n) is 7.16. The number of hydrogen-bond donors (Lipinski definition) is 1. The summed E-state index contributed by atoms with van der Waals surface area (Å²) in [6.07, 6.45) is 0.819. The lowest BCUT2D eigenvalue weighted by Gasteiger charge is -2.41. The molecular formula is C16H26N2O. The summed E-state index contributed by atoms with van der Waals surface area (Å²) in [6, 6.07) is 11.2. The summed E-state index contributed by atoms with van der Waals surface area (Å²) in [7, 11) is 2.18. The molecule has 0 amide bonds. The van der Waals surface area contributed by atoms with E-state index in [1.54, 1.807) is 0 Å². The molecule has 0 spiro atoms. The molecule has 3 nitrogen and oxygen atoms in total. The standard InChI is InChI=1S/C16H26N2O/c1-16(2,19)9-10-18-12-11-17(3)13-15(18)14-7-5-4-6-8-14/h4-8,15,19H,9-13H2,1-3H3. The predicted molar refractivity (Wildman–Crippen MR) is 79.2 cm³/mol. The van der Waals surface area contributed by atoms with Crippen molar-refractivity contribution < 1.29 is 5.11 Å². The van der Waals surface area contributed by atoms with Gasteiger partial charge in [0.25, 0.3) is 0 Å². The van der Waals surface area contributed by atoms with Gasteiger partial charge in [0.05, 0.1) is 5.60 Å². The summed E-state index contributed by atoms with van der Waals surface area (Å²) in [5.74, 6) is 0. The summed E-state index contributed by atoms with van der Waals surface area (Å²) in [5, 5.41) is 9.92. The second-order valence-electron chi connectivity index (χ2n) is 6.29. The highest BCUT2D eigenvalue weighted by Gasteiger charge is 2.27. The van der Waals surface area contributed by atoms with Gasteiger partial charge in [-0.25, -0.2) is 0 Å². The molecule has 1 aliphatic heterocycles. The lowest BCUT2D eigenvalue weighted by atomic mass is 10.00.